The highest BCUT2D eigenvalue weighted by Gasteiger charge is 2.23. The third-order valence-electron chi connectivity index (χ3n) is 4.40. The van der Waals surface area contributed by atoms with Gasteiger partial charge in [-0.3, -0.25) is 4.79 Å². The second-order valence-electron chi connectivity index (χ2n) is 6.29. The van der Waals surface area contributed by atoms with E-state index in [2.05, 4.69) is 12.1 Å². The molecule has 2 aromatic rings. The van der Waals surface area contributed by atoms with Gasteiger partial charge in [-0.25, -0.2) is 0 Å². The number of β-amino-alcohol motifs (C(OH)–C–C–N with tert-alkyl or cyclic N) is 1. The topological polar surface area (TPSA) is 40.5 Å². The number of aliphatic hydroxyl groups excluding tert-OH is 1. The molecular weight excluding hydrogens is 354 g/mol. The van der Waals surface area contributed by atoms with Gasteiger partial charge in [0.05, 0.1) is 17.1 Å². The Morgan fingerprint density at radius 3 is 2.52 bits per heavy atom. The van der Waals surface area contributed by atoms with Gasteiger partial charge in [0.2, 0.25) is 5.91 Å². The number of halogens is 1. The first-order valence-corrected chi connectivity index (χ1v) is 9.94. The van der Waals surface area contributed by atoms with Crippen molar-refractivity contribution in [1.82, 2.24) is 4.90 Å². The summed E-state index contributed by atoms with van der Waals surface area (Å²) < 4.78 is 0. The number of aliphatic hydroxyl groups is 1. The number of likely N-dealkylation sites (tertiary alicyclic amines) is 1. The molecule has 3 rings (SSSR count). The molecule has 0 spiro atoms. The molecule has 132 valence electrons. The van der Waals surface area contributed by atoms with Crippen molar-refractivity contribution in [3.05, 3.63) is 70.7 Å². The second kappa shape index (κ2) is 8.75. The highest BCUT2D eigenvalue weighted by Crippen LogP contribution is 2.36. The van der Waals surface area contributed by atoms with Gasteiger partial charge in [0.25, 0.3) is 0 Å². The molecule has 5 heteroatoms. The number of piperidine rings is 1. The third-order valence-corrected chi connectivity index (χ3v) is 5.94. The fraction of sp³-hybridized carbons (Fsp3) is 0.350. The van der Waals surface area contributed by atoms with E-state index >= 15 is 0 Å². The molecule has 0 bridgehead atoms. The zero-order valence-electron chi connectivity index (χ0n) is 14.0. The molecule has 1 heterocycles. The molecule has 2 unspecified atom stereocenters. The van der Waals surface area contributed by atoms with Gasteiger partial charge in [-0.15, -0.1) is 11.8 Å². The van der Waals surface area contributed by atoms with Crippen molar-refractivity contribution in [3.63, 3.8) is 0 Å². The summed E-state index contributed by atoms with van der Waals surface area (Å²) in [6, 6.07) is 18.0. The summed E-state index contributed by atoms with van der Waals surface area (Å²) in [6.45, 7) is 1.20. The number of benzene rings is 2. The predicted octanol–water partition coefficient (Wildman–Crippen LogP) is 4.15. The normalized spacial score (nSPS) is 18.8. The molecule has 1 aliphatic rings. The average molecular weight is 376 g/mol. The summed E-state index contributed by atoms with van der Waals surface area (Å²) >= 11 is 7.63. The fourth-order valence-electron chi connectivity index (χ4n) is 3.08. The van der Waals surface area contributed by atoms with Crippen LogP contribution in [0, 0.1) is 0 Å². The van der Waals surface area contributed by atoms with E-state index in [-0.39, 0.29) is 17.3 Å². The van der Waals surface area contributed by atoms with E-state index < -0.39 is 0 Å². The van der Waals surface area contributed by atoms with Crippen LogP contribution in [0.2, 0.25) is 5.02 Å². The lowest BCUT2D eigenvalue weighted by atomic mass is 10.0. The van der Waals surface area contributed by atoms with Gasteiger partial charge >= 0.3 is 0 Å². The Labute approximate surface area is 158 Å². The van der Waals surface area contributed by atoms with E-state index in [1.807, 2.05) is 42.5 Å². The molecule has 1 aliphatic heterocycles. The van der Waals surface area contributed by atoms with Gasteiger partial charge in [0, 0.05) is 18.1 Å². The van der Waals surface area contributed by atoms with Crippen molar-refractivity contribution < 1.29 is 9.90 Å². The lowest BCUT2D eigenvalue weighted by molar-refractivity contribution is -0.131. The standard InChI is InChI=1S/C20H22ClNO2S/c21-17-10-8-16(9-11-17)20(15-5-2-1-3-6-15)25-14-19(24)22-12-4-7-18(23)13-22/h1-3,5-6,8-11,18,20,23H,4,7,12-14H2. The molecule has 1 saturated heterocycles. The van der Waals surface area contributed by atoms with Crippen molar-refractivity contribution in [2.24, 2.45) is 0 Å². The summed E-state index contributed by atoms with van der Waals surface area (Å²) in [5.74, 6) is 0.494. The highest BCUT2D eigenvalue weighted by molar-refractivity contribution is 8.00. The zero-order chi connectivity index (χ0) is 17.6. The summed E-state index contributed by atoms with van der Waals surface area (Å²) in [4.78, 5) is 14.3. The Bertz CT molecular complexity index is 693. The zero-order valence-corrected chi connectivity index (χ0v) is 15.5. The number of hydrogen-bond acceptors (Lipinski definition) is 3. The molecule has 1 N–H and O–H groups in total. The van der Waals surface area contributed by atoms with Crippen LogP contribution >= 0.6 is 23.4 Å². The van der Waals surface area contributed by atoms with E-state index in [4.69, 9.17) is 11.6 Å². The van der Waals surface area contributed by atoms with E-state index in [9.17, 15) is 9.90 Å². The van der Waals surface area contributed by atoms with E-state index in [1.54, 1.807) is 16.7 Å². The van der Waals surface area contributed by atoms with Crippen LogP contribution in [0.4, 0.5) is 0 Å². The van der Waals surface area contributed by atoms with E-state index in [1.165, 1.54) is 5.56 Å². The Morgan fingerprint density at radius 1 is 1.16 bits per heavy atom. The molecule has 1 amide bonds. The minimum Gasteiger partial charge on any atom is -0.391 e. The predicted molar refractivity (Wildman–Crippen MR) is 104 cm³/mol. The van der Waals surface area contributed by atoms with E-state index in [0.717, 1.165) is 24.9 Å². The first-order valence-electron chi connectivity index (χ1n) is 8.51. The number of nitrogens with zero attached hydrogens (tertiary/aromatic N) is 1. The van der Waals surface area contributed by atoms with Crippen LogP contribution in [0.3, 0.4) is 0 Å². The lowest BCUT2D eigenvalue weighted by Crippen LogP contribution is -2.43. The van der Waals surface area contributed by atoms with Crippen molar-refractivity contribution >= 4 is 29.3 Å². The number of carbonyl (C=O) groups is 1. The number of carbonyl (C=O) groups excluding carboxylic acids is 1. The Kier molecular flexibility index (Phi) is 6.40. The molecule has 25 heavy (non-hydrogen) atoms. The Hall–Kier alpha value is -1.49. The van der Waals surface area contributed by atoms with Crippen LogP contribution in [0.15, 0.2) is 54.6 Å². The summed E-state index contributed by atoms with van der Waals surface area (Å²) in [6.07, 6.45) is 1.27. The van der Waals surface area contributed by atoms with Gasteiger partial charge in [-0.1, -0.05) is 54.1 Å². The van der Waals surface area contributed by atoms with Crippen LogP contribution in [0.1, 0.15) is 29.2 Å². The van der Waals surface area contributed by atoms with Crippen molar-refractivity contribution in [2.45, 2.75) is 24.2 Å². The maximum Gasteiger partial charge on any atom is 0.232 e. The van der Waals surface area contributed by atoms with Crippen LogP contribution in [-0.4, -0.2) is 40.9 Å². The Morgan fingerprint density at radius 2 is 1.84 bits per heavy atom. The quantitative estimate of drug-likeness (QED) is 0.853. The molecular formula is C20H22ClNO2S. The van der Waals surface area contributed by atoms with Crippen molar-refractivity contribution in [3.8, 4) is 0 Å². The largest absolute Gasteiger partial charge is 0.391 e. The maximum absolute atomic E-state index is 12.5. The van der Waals surface area contributed by atoms with Gasteiger partial charge in [0.15, 0.2) is 0 Å². The van der Waals surface area contributed by atoms with Crippen molar-refractivity contribution in [1.29, 1.82) is 0 Å². The number of hydrogen-bond donors (Lipinski definition) is 1. The number of thioether (sulfide) groups is 1. The van der Waals surface area contributed by atoms with Crippen LogP contribution < -0.4 is 0 Å². The lowest BCUT2D eigenvalue weighted by Gasteiger charge is -2.30. The van der Waals surface area contributed by atoms with Gasteiger partial charge in [-0.2, -0.15) is 0 Å². The molecule has 0 saturated carbocycles. The molecule has 0 aliphatic carbocycles. The highest BCUT2D eigenvalue weighted by atomic mass is 35.5. The average Bonchev–Trinajstić information content (AvgIpc) is 2.64. The summed E-state index contributed by atoms with van der Waals surface area (Å²) in [5.41, 5.74) is 2.30. The van der Waals surface area contributed by atoms with Crippen LogP contribution in [-0.2, 0) is 4.79 Å². The smallest absolute Gasteiger partial charge is 0.232 e. The van der Waals surface area contributed by atoms with Crippen molar-refractivity contribution in [2.75, 3.05) is 18.8 Å². The van der Waals surface area contributed by atoms with E-state index in [0.29, 0.717) is 17.3 Å². The third kappa shape index (κ3) is 5.00. The fourth-order valence-corrected chi connectivity index (χ4v) is 4.39. The van der Waals surface area contributed by atoms with Gasteiger partial charge in [0.1, 0.15) is 0 Å². The molecule has 3 nitrogen and oxygen atoms in total. The van der Waals surface area contributed by atoms with Crippen LogP contribution in [0.25, 0.3) is 0 Å². The van der Waals surface area contributed by atoms with Gasteiger partial charge in [-0.05, 0) is 36.1 Å². The second-order valence-corrected chi connectivity index (χ2v) is 7.82. The molecule has 0 radical (unpaired) electrons. The molecule has 1 fully saturated rings. The molecule has 2 aromatic carbocycles. The number of amides is 1. The summed E-state index contributed by atoms with van der Waals surface area (Å²) in [7, 11) is 0. The number of rotatable bonds is 5. The SMILES string of the molecule is O=C(CSC(c1ccccc1)c1ccc(Cl)cc1)N1CCCC(O)C1. The first kappa shape index (κ1) is 18.3. The Balaban J connectivity index is 1.72. The van der Waals surface area contributed by atoms with Gasteiger partial charge < -0.3 is 10.0 Å². The minimum absolute atomic E-state index is 0.0807. The maximum atomic E-state index is 12.5. The molecule has 0 aromatic heterocycles. The van der Waals surface area contributed by atoms with Crippen LogP contribution in [0.5, 0.6) is 0 Å². The monoisotopic (exact) mass is 375 g/mol. The minimum atomic E-state index is -0.385. The first-order chi connectivity index (χ1) is 12.1. The summed E-state index contributed by atoms with van der Waals surface area (Å²) in [5, 5.41) is 10.6. The molecule has 2 atom stereocenters.